The van der Waals surface area contributed by atoms with Gasteiger partial charge in [-0.05, 0) is 55.5 Å². The number of nitrogens with zero attached hydrogens (tertiary/aromatic N) is 3. The molecule has 2 aromatic heterocycles. The summed E-state index contributed by atoms with van der Waals surface area (Å²) in [5.74, 6) is 0.772. The molecule has 6 nitrogen and oxygen atoms in total. The van der Waals surface area contributed by atoms with Crippen LogP contribution in [0.15, 0.2) is 42.7 Å². The Morgan fingerprint density at radius 1 is 1.35 bits per heavy atom. The van der Waals surface area contributed by atoms with Crippen LogP contribution in [0.2, 0.25) is 0 Å². The van der Waals surface area contributed by atoms with E-state index in [1.807, 2.05) is 35.4 Å². The average Bonchev–Trinajstić information content (AvgIpc) is 3.09. The van der Waals surface area contributed by atoms with Crippen LogP contribution < -0.4 is 5.32 Å². The first-order valence-corrected chi connectivity index (χ1v) is 9.10. The summed E-state index contributed by atoms with van der Waals surface area (Å²) in [7, 11) is 0. The third-order valence-corrected chi connectivity index (χ3v) is 4.93. The summed E-state index contributed by atoms with van der Waals surface area (Å²) in [6.45, 7) is 3.21. The second-order valence-electron chi connectivity index (χ2n) is 6.85. The van der Waals surface area contributed by atoms with E-state index in [1.165, 1.54) is 5.56 Å². The minimum Gasteiger partial charge on any atom is -0.340 e. The molecule has 1 saturated heterocycles. The summed E-state index contributed by atoms with van der Waals surface area (Å²) in [6.07, 6.45) is 6.77. The number of H-pyrrole nitrogens is 1. The molecule has 6 heteroatoms. The van der Waals surface area contributed by atoms with E-state index >= 15 is 0 Å². The van der Waals surface area contributed by atoms with Crippen LogP contribution in [0.3, 0.4) is 0 Å². The Hall–Kier alpha value is -2.89. The van der Waals surface area contributed by atoms with Crippen LogP contribution in [0.1, 0.15) is 42.3 Å². The number of likely N-dealkylation sites (tertiary alicyclic amines) is 1. The average molecular weight is 349 g/mol. The molecule has 134 valence electrons. The molecule has 1 aromatic carbocycles. The molecule has 3 aromatic rings. The normalized spacial score (nSPS) is 17.4. The van der Waals surface area contributed by atoms with Crippen molar-refractivity contribution in [1.82, 2.24) is 25.2 Å². The molecule has 26 heavy (non-hydrogen) atoms. The molecule has 1 aliphatic rings. The molecule has 1 aliphatic heterocycles. The van der Waals surface area contributed by atoms with Gasteiger partial charge in [-0.25, -0.2) is 9.78 Å². The van der Waals surface area contributed by atoms with Gasteiger partial charge in [0, 0.05) is 18.9 Å². The van der Waals surface area contributed by atoms with Crippen LogP contribution >= 0.6 is 0 Å². The summed E-state index contributed by atoms with van der Waals surface area (Å²) >= 11 is 0. The van der Waals surface area contributed by atoms with Crippen LogP contribution in [0, 0.1) is 6.92 Å². The van der Waals surface area contributed by atoms with Crippen molar-refractivity contribution in [3.05, 3.63) is 59.7 Å². The summed E-state index contributed by atoms with van der Waals surface area (Å²) in [4.78, 5) is 26.7. The lowest BCUT2D eigenvalue weighted by molar-refractivity contribution is 0.151. The van der Waals surface area contributed by atoms with Crippen LogP contribution in [-0.2, 0) is 6.54 Å². The summed E-state index contributed by atoms with van der Waals surface area (Å²) < 4.78 is 0. The Morgan fingerprint density at radius 2 is 2.27 bits per heavy atom. The maximum atomic E-state index is 12.8. The van der Waals surface area contributed by atoms with Crippen molar-refractivity contribution < 1.29 is 4.79 Å². The van der Waals surface area contributed by atoms with E-state index in [2.05, 4.69) is 33.3 Å². The number of hydrogen-bond acceptors (Lipinski definition) is 3. The quantitative estimate of drug-likeness (QED) is 0.757. The van der Waals surface area contributed by atoms with Crippen LogP contribution in [-0.4, -0.2) is 32.4 Å². The molecule has 4 rings (SSSR count). The number of aryl methyl sites for hydroxylation is 1. The first-order chi connectivity index (χ1) is 12.7. The number of amides is 2. The Labute approximate surface area is 152 Å². The number of hydrogen-bond donors (Lipinski definition) is 2. The molecular formula is C20H23N5O. The van der Waals surface area contributed by atoms with Gasteiger partial charge in [0.1, 0.15) is 5.82 Å². The molecule has 0 bridgehead atoms. The SMILES string of the molecule is Cc1ccc2nc(CNC(=O)N3CCCC[C@H]3c3cccnc3)[nH]c2c1. The van der Waals surface area contributed by atoms with Gasteiger partial charge < -0.3 is 15.2 Å². The fraction of sp³-hybridized carbons (Fsp3) is 0.350. The van der Waals surface area contributed by atoms with E-state index in [0.29, 0.717) is 6.54 Å². The molecule has 1 fully saturated rings. The zero-order chi connectivity index (χ0) is 17.9. The van der Waals surface area contributed by atoms with E-state index in [1.54, 1.807) is 6.20 Å². The van der Waals surface area contributed by atoms with Gasteiger partial charge in [-0.2, -0.15) is 0 Å². The molecule has 1 atom stereocenters. The zero-order valence-corrected chi connectivity index (χ0v) is 14.9. The Bertz CT molecular complexity index is 905. The van der Waals surface area contributed by atoms with E-state index in [4.69, 9.17) is 0 Å². The summed E-state index contributed by atoms with van der Waals surface area (Å²) in [5.41, 5.74) is 4.21. The van der Waals surface area contributed by atoms with Crippen molar-refractivity contribution in [2.24, 2.45) is 0 Å². The maximum Gasteiger partial charge on any atom is 0.318 e. The predicted octanol–water partition coefficient (Wildman–Crippen LogP) is 3.70. The number of rotatable bonds is 3. The Morgan fingerprint density at radius 3 is 3.12 bits per heavy atom. The number of benzene rings is 1. The summed E-state index contributed by atoms with van der Waals surface area (Å²) in [6, 6.07) is 10.1. The maximum absolute atomic E-state index is 12.8. The molecule has 0 unspecified atom stereocenters. The monoisotopic (exact) mass is 349 g/mol. The highest BCUT2D eigenvalue weighted by Gasteiger charge is 2.28. The number of imidazole rings is 1. The van der Waals surface area contributed by atoms with Gasteiger partial charge in [0.2, 0.25) is 0 Å². The highest BCUT2D eigenvalue weighted by atomic mass is 16.2. The van der Waals surface area contributed by atoms with Gasteiger partial charge in [0.15, 0.2) is 0 Å². The topological polar surface area (TPSA) is 73.9 Å². The van der Waals surface area contributed by atoms with Crippen molar-refractivity contribution in [3.8, 4) is 0 Å². The minimum absolute atomic E-state index is 0.0461. The van der Waals surface area contributed by atoms with Crippen LogP contribution in [0.4, 0.5) is 4.79 Å². The van der Waals surface area contributed by atoms with Crippen molar-refractivity contribution in [2.45, 2.75) is 38.8 Å². The van der Waals surface area contributed by atoms with Crippen molar-refractivity contribution >= 4 is 17.1 Å². The fourth-order valence-corrected chi connectivity index (χ4v) is 3.62. The van der Waals surface area contributed by atoms with Gasteiger partial charge in [-0.1, -0.05) is 12.1 Å². The van der Waals surface area contributed by atoms with Gasteiger partial charge in [0.05, 0.1) is 23.6 Å². The molecule has 0 spiro atoms. The van der Waals surface area contributed by atoms with Crippen molar-refractivity contribution in [2.75, 3.05) is 6.54 Å². The third kappa shape index (κ3) is 3.40. The van der Waals surface area contributed by atoms with E-state index in [0.717, 1.165) is 48.2 Å². The number of carbonyl (C=O) groups is 1. The fourth-order valence-electron chi connectivity index (χ4n) is 3.62. The van der Waals surface area contributed by atoms with Crippen molar-refractivity contribution in [1.29, 1.82) is 0 Å². The number of aromatic amines is 1. The molecule has 0 radical (unpaired) electrons. The second kappa shape index (κ2) is 7.15. The molecule has 0 aliphatic carbocycles. The number of pyridine rings is 1. The number of fused-ring (bicyclic) bond motifs is 1. The third-order valence-electron chi connectivity index (χ3n) is 4.93. The van der Waals surface area contributed by atoms with Crippen LogP contribution in [0.5, 0.6) is 0 Å². The largest absolute Gasteiger partial charge is 0.340 e. The lowest BCUT2D eigenvalue weighted by Gasteiger charge is -2.35. The minimum atomic E-state index is -0.0461. The number of nitrogens with one attached hydrogen (secondary N) is 2. The number of carbonyl (C=O) groups excluding carboxylic acids is 1. The molecule has 2 amide bonds. The number of urea groups is 1. The van der Waals surface area contributed by atoms with E-state index in [-0.39, 0.29) is 12.1 Å². The van der Waals surface area contributed by atoms with Gasteiger partial charge in [0.25, 0.3) is 0 Å². The van der Waals surface area contributed by atoms with Gasteiger partial charge in [-0.15, -0.1) is 0 Å². The molecule has 2 N–H and O–H groups in total. The first kappa shape index (κ1) is 16.6. The van der Waals surface area contributed by atoms with Gasteiger partial charge >= 0.3 is 6.03 Å². The van der Waals surface area contributed by atoms with E-state index < -0.39 is 0 Å². The molecular weight excluding hydrogens is 326 g/mol. The molecule has 3 heterocycles. The number of piperidine rings is 1. The predicted molar refractivity (Wildman–Crippen MR) is 101 cm³/mol. The van der Waals surface area contributed by atoms with Crippen LogP contribution in [0.25, 0.3) is 11.0 Å². The van der Waals surface area contributed by atoms with E-state index in [9.17, 15) is 4.79 Å². The smallest absolute Gasteiger partial charge is 0.318 e. The number of aromatic nitrogens is 3. The standard InChI is InChI=1S/C20H23N5O/c1-14-7-8-16-17(11-14)24-19(23-16)13-22-20(26)25-10-3-2-6-18(25)15-5-4-9-21-12-15/h4-5,7-9,11-12,18H,2-3,6,10,13H2,1H3,(H,22,26)(H,23,24)/t18-/m0/s1. The summed E-state index contributed by atoms with van der Waals surface area (Å²) in [5, 5.41) is 3.02. The molecule has 0 saturated carbocycles. The van der Waals surface area contributed by atoms with Crippen molar-refractivity contribution in [3.63, 3.8) is 0 Å². The second-order valence-corrected chi connectivity index (χ2v) is 6.85. The zero-order valence-electron chi connectivity index (χ0n) is 14.9. The highest BCUT2D eigenvalue weighted by molar-refractivity contribution is 5.77. The Balaban J connectivity index is 1.45. The van der Waals surface area contributed by atoms with Gasteiger partial charge in [-0.3, -0.25) is 4.98 Å². The first-order valence-electron chi connectivity index (χ1n) is 9.10. The Kier molecular flexibility index (Phi) is 4.56. The lowest BCUT2D eigenvalue weighted by Crippen LogP contribution is -2.44. The lowest BCUT2D eigenvalue weighted by atomic mass is 9.97. The highest BCUT2D eigenvalue weighted by Crippen LogP contribution is 2.30.